The molecule has 0 atom stereocenters. The summed E-state index contributed by atoms with van der Waals surface area (Å²) in [7, 11) is 0. The van der Waals surface area contributed by atoms with Crippen molar-refractivity contribution in [3.05, 3.63) is 58.6 Å². The Balaban J connectivity index is 2.24. The third-order valence-electron chi connectivity index (χ3n) is 3.28. The Hall–Kier alpha value is -1.67. The van der Waals surface area contributed by atoms with Gasteiger partial charge in [-0.1, -0.05) is 56.6 Å². The Bertz CT molecular complexity index is 582. The average Bonchev–Trinajstić information content (AvgIpc) is 2.37. The number of rotatable bonds is 3. The van der Waals surface area contributed by atoms with Crippen molar-refractivity contribution in [1.29, 1.82) is 0 Å². The van der Waals surface area contributed by atoms with E-state index in [1.165, 1.54) is 5.56 Å². The number of nitrogens with one attached hydrogen (secondary N) is 1. The van der Waals surface area contributed by atoms with Gasteiger partial charge in [0.1, 0.15) is 5.75 Å². The Labute approximate surface area is 125 Å². The first-order valence-corrected chi connectivity index (χ1v) is 7.07. The molecule has 2 aromatic carbocycles. The predicted molar refractivity (Wildman–Crippen MR) is 85.6 cm³/mol. The fourth-order valence-electron chi connectivity index (χ4n) is 2.20. The number of para-hydroxylation sites is 1. The third kappa shape index (κ3) is 3.26. The van der Waals surface area contributed by atoms with Gasteiger partial charge in [0.2, 0.25) is 0 Å². The van der Waals surface area contributed by atoms with Crippen LogP contribution in [-0.2, 0) is 12.0 Å². The van der Waals surface area contributed by atoms with Gasteiger partial charge in [-0.3, -0.25) is 0 Å². The lowest BCUT2D eigenvalue weighted by Gasteiger charge is -2.23. The molecule has 0 amide bonds. The van der Waals surface area contributed by atoms with Gasteiger partial charge < -0.3 is 10.4 Å². The van der Waals surface area contributed by atoms with E-state index in [-0.39, 0.29) is 11.2 Å². The van der Waals surface area contributed by atoms with Gasteiger partial charge in [0.15, 0.2) is 0 Å². The van der Waals surface area contributed by atoms with Gasteiger partial charge in [-0.05, 0) is 29.2 Å². The SMILES string of the molecule is CC(C)(C)c1ccccc1NCc1c(O)cccc1Cl. The molecule has 0 aliphatic heterocycles. The highest BCUT2D eigenvalue weighted by molar-refractivity contribution is 6.31. The Morgan fingerprint density at radius 2 is 1.75 bits per heavy atom. The van der Waals surface area contributed by atoms with E-state index in [4.69, 9.17) is 11.6 Å². The molecule has 0 unspecified atom stereocenters. The molecule has 0 bridgehead atoms. The lowest BCUT2D eigenvalue weighted by molar-refractivity contribution is 0.469. The molecular formula is C17H20ClNO. The highest BCUT2D eigenvalue weighted by Gasteiger charge is 2.17. The summed E-state index contributed by atoms with van der Waals surface area (Å²) in [6, 6.07) is 13.4. The summed E-state index contributed by atoms with van der Waals surface area (Å²) in [5.74, 6) is 0.221. The maximum absolute atomic E-state index is 9.87. The fraction of sp³-hybridized carbons (Fsp3) is 0.294. The van der Waals surface area contributed by atoms with Crippen LogP contribution in [0.1, 0.15) is 31.9 Å². The largest absolute Gasteiger partial charge is 0.508 e. The molecule has 0 saturated carbocycles. The molecule has 2 N–H and O–H groups in total. The van der Waals surface area contributed by atoms with Crippen LogP contribution in [0.15, 0.2) is 42.5 Å². The molecule has 3 heteroatoms. The number of aromatic hydroxyl groups is 1. The third-order valence-corrected chi connectivity index (χ3v) is 3.64. The zero-order valence-corrected chi connectivity index (χ0v) is 12.8. The van der Waals surface area contributed by atoms with E-state index in [0.717, 1.165) is 11.3 Å². The van der Waals surface area contributed by atoms with Crippen LogP contribution in [0.2, 0.25) is 5.02 Å². The van der Waals surface area contributed by atoms with Crippen molar-refractivity contribution in [3.8, 4) is 5.75 Å². The molecule has 0 fully saturated rings. The van der Waals surface area contributed by atoms with Crippen LogP contribution in [0, 0.1) is 0 Å². The zero-order valence-electron chi connectivity index (χ0n) is 12.1. The van der Waals surface area contributed by atoms with Crippen molar-refractivity contribution in [1.82, 2.24) is 0 Å². The Morgan fingerprint density at radius 3 is 2.40 bits per heavy atom. The molecule has 0 aromatic heterocycles. The normalized spacial score (nSPS) is 11.4. The second-order valence-electron chi connectivity index (χ2n) is 5.89. The molecule has 20 heavy (non-hydrogen) atoms. The smallest absolute Gasteiger partial charge is 0.122 e. The summed E-state index contributed by atoms with van der Waals surface area (Å²) < 4.78 is 0. The van der Waals surface area contributed by atoms with Crippen molar-refractivity contribution in [2.75, 3.05) is 5.32 Å². The van der Waals surface area contributed by atoms with Crippen LogP contribution in [0.3, 0.4) is 0 Å². The molecule has 0 aliphatic carbocycles. The van der Waals surface area contributed by atoms with Gasteiger partial charge in [-0.25, -0.2) is 0 Å². The average molecular weight is 290 g/mol. The molecule has 2 rings (SSSR count). The van der Waals surface area contributed by atoms with Crippen molar-refractivity contribution in [2.45, 2.75) is 32.7 Å². The molecular weight excluding hydrogens is 270 g/mol. The first kappa shape index (κ1) is 14.7. The van der Waals surface area contributed by atoms with Crippen LogP contribution in [0.4, 0.5) is 5.69 Å². The maximum atomic E-state index is 9.87. The van der Waals surface area contributed by atoms with Gasteiger partial charge >= 0.3 is 0 Å². The van der Waals surface area contributed by atoms with Crippen LogP contribution in [-0.4, -0.2) is 5.11 Å². The van der Waals surface area contributed by atoms with Gasteiger partial charge in [0.25, 0.3) is 0 Å². The van der Waals surface area contributed by atoms with E-state index in [0.29, 0.717) is 11.6 Å². The van der Waals surface area contributed by atoms with Crippen molar-refractivity contribution < 1.29 is 5.11 Å². The quantitative estimate of drug-likeness (QED) is 0.837. The van der Waals surface area contributed by atoms with E-state index in [1.807, 2.05) is 12.1 Å². The van der Waals surface area contributed by atoms with Crippen LogP contribution in [0.25, 0.3) is 0 Å². The molecule has 2 aromatic rings. The zero-order chi connectivity index (χ0) is 14.8. The van der Waals surface area contributed by atoms with Gasteiger partial charge in [0.05, 0.1) is 0 Å². The lowest BCUT2D eigenvalue weighted by atomic mass is 9.86. The monoisotopic (exact) mass is 289 g/mol. The molecule has 0 saturated heterocycles. The van der Waals surface area contributed by atoms with Crippen molar-refractivity contribution >= 4 is 17.3 Å². The van der Waals surface area contributed by atoms with Crippen molar-refractivity contribution in [2.24, 2.45) is 0 Å². The summed E-state index contributed by atoms with van der Waals surface area (Å²) in [4.78, 5) is 0. The number of phenolic OH excluding ortho intramolecular Hbond substituents is 1. The second-order valence-corrected chi connectivity index (χ2v) is 6.29. The van der Waals surface area contributed by atoms with Gasteiger partial charge in [-0.15, -0.1) is 0 Å². The van der Waals surface area contributed by atoms with E-state index >= 15 is 0 Å². The number of hydrogen-bond acceptors (Lipinski definition) is 2. The topological polar surface area (TPSA) is 32.3 Å². The van der Waals surface area contributed by atoms with Crippen LogP contribution in [0.5, 0.6) is 5.75 Å². The second kappa shape index (κ2) is 5.76. The number of anilines is 1. The highest BCUT2D eigenvalue weighted by atomic mass is 35.5. The first-order valence-electron chi connectivity index (χ1n) is 6.69. The van der Waals surface area contributed by atoms with Crippen molar-refractivity contribution in [3.63, 3.8) is 0 Å². The van der Waals surface area contributed by atoms with Gasteiger partial charge in [-0.2, -0.15) is 0 Å². The predicted octanol–water partition coefficient (Wildman–Crippen LogP) is 4.96. The standard InChI is InChI=1S/C17H20ClNO/c1-17(2,3)13-7-4-5-9-15(13)19-11-12-14(18)8-6-10-16(12)20/h4-10,19-20H,11H2,1-3H3. The van der Waals surface area contributed by atoms with E-state index < -0.39 is 0 Å². The lowest BCUT2D eigenvalue weighted by Crippen LogP contribution is -2.14. The van der Waals surface area contributed by atoms with E-state index in [2.05, 4.69) is 38.2 Å². The number of halogens is 1. The maximum Gasteiger partial charge on any atom is 0.122 e. The van der Waals surface area contributed by atoms with Crippen LogP contribution >= 0.6 is 11.6 Å². The van der Waals surface area contributed by atoms with E-state index in [1.54, 1.807) is 18.2 Å². The molecule has 0 spiro atoms. The molecule has 2 nitrogen and oxygen atoms in total. The molecule has 0 heterocycles. The Morgan fingerprint density at radius 1 is 1.05 bits per heavy atom. The summed E-state index contributed by atoms with van der Waals surface area (Å²) in [6.45, 7) is 7.04. The summed E-state index contributed by atoms with van der Waals surface area (Å²) in [6.07, 6.45) is 0. The minimum Gasteiger partial charge on any atom is -0.508 e. The number of hydrogen-bond donors (Lipinski definition) is 2. The summed E-state index contributed by atoms with van der Waals surface area (Å²) >= 11 is 6.13. The molecule has 106 valence electrons. The van der Waals surface area contributed by atoms with Gasteiger partial charge in [0, 0.05) is 22.8 Å². The number of benzene rings is 2. The molecule has 0 radical (unpaired) electrons. The minimum absolute atomic E-state index is 0.0616. The van der Waals surface area contributed by atoms with Crippen LogP contribution < -0.4 is 5.32 Å². The fourth-order valence-corrected chi connectivity index (χ4v) is 2.43. The summed E-state index contributed by atoms with van der Waals surface area (Å²) in [5, 5.41) is 13.8. The van der Waals surface area contributed by atoms with E-state index in [9.17, 15) is 5.11 Å². The summed E-state index contributed by atoms with van der Waals surface area (Å²) in [5.41, 5.74) is 3.09. The first-order chi connectivity index (χ1) is 9.39. The number of phenols is 1. The minimum atomic E-state index is 0.0616. The Kier molecular flexibility index (Phi) is 4.24. The molecule has 0 aliphatic rings. The highest BCUT2D eigenvalue weighted by Crippen LogP contribution is 2.31.